The van der Waals surface area contributed by atoms with E-state index >= 15 is 0 Å². The Labute approximate surface area is 229 Å². The topological polar surface area (TPSA) is 142 Å². The minimum absolute atomic E-state index is 0.0531. The summed E-state index contributed by atoms with van der Waals surface area (Å²) >= 11 is 1.56. The van der Waals surface area contributed by atoms with Crippen molar-refractivity contribution >= 4 is 35.3 Å². The fourth-order valence-electron chi connectivity index (χ4n) is 4.11. The number of aromatic carboxylic acids is 1. The van der Waals surface area contributed by atoms with E-state index in [1.807, 2.05) is 30.3 Å². The van der Waals surface area contributed by atoms with E-state index in [4.69, 9.17) is 19.7 Å². The lowest BCUT2D eigenvalue weighted by Gasteiger charge is -2.36. The van der Waals surface area contributed by atoms with E-state index in [1.54, 1.807) is 54.2 Å². The van der Waals surface area contributed by atoms with Gasteiger partial charge in [0.1, 0.15) is 0 Å². The minimum Gasteiger partial charge on any atom is -0.481 e. The van der Waals surface area contributed by atoms with Crippen molar-refractivity contribution in [3.05, 3.63) is 95.1 Å². The Morgan fingerprint density at radius 1 is 0.897 bits per heavy atom. The van der Waals surface area contributed by atoms with E-state index in [0.29, 0.717) is 23.4 Å². The van der Waals surface area contributed by atoms with Crippen molar-refractivity contribution in [1.29, 1.82) is 0 Å². The quantitative estimate of drug-likeness (QED) is 0.242. The molecule has 10 heteroatoms. The van der Waals surface area contributed by atoms with Crippen molar-refractivity contribution in [1.82, 2.24) is 0 Å². The number of aliphatic hydroxyl groups excluding tert-OH is 1. The second-order valence-corrected chi connectivity index (χ2v) is 10.2. The van der Waals surface area contributed by atoms with Gasteiger partial charge in [-0.1, -0.05) is 36.4 Å². The predicted octanol–water partition coefficient (Wildman–Crippen LogP) is 5.02. The average molecular weight is 552 g/mol. The van der Waals surface area contributed by atoms with Crippen LogP contribution in [0.2, 0.25) is 0 Å². The highest BCUT2D eigenvalue weighted by Crippen LogP contribution is 2.40. The normalized spacial score (nSPS) is 18.8. The van der Waals surface area contributed by atoms with E-state index in [0.717, 1.165) is 16.0 Å². The molecule has 0 aliphatic carbocycles. The van der Waals surface area contributed by atoms with Crippen LogP contribution in [-0.4, -0.2) is 45.0 Å². The Kier molecular flexibility index (Phi) is 9.72. The summed E-state index contributed by atoms with van der Waals surface area (Å²) in [7, 11) is 0. The fourth-order valence-corrected chi connectivity index (χ4v) is 5.03. The van der Waals surface area contributed by atoms with Gasteiger partial charge in [-0.15, -0.1) is 11.8 Å². The molecule has 1 aliphatic rings. The van der Waals surface area contributed by atoms with Crippen LogP contribution in [0.15, 0.2) is 77.7 Å². The van der Waals surface area contributed by atoms with E-state index in [-0.39, 0.29) is 37.2 Å². The molecule has 39 heavy (non-hydrogen) atoms. The van der Waals surface area contributed by atoms with Crippen LogP contribution in [0.1, 0.15) is 58.7 Å². The average Bonchev–Trinajstić information content (AvgIpc) is 2.95. The van der Waals surface area contributed by atoms with E-state index in [1.165, 1.54) is 0 Å². The summed E-state index contributed by atoms with van der Waals surface area (Å²) in [5.74, 6) is -1.81. The van der Waals surface area contributed by atoms with Gasteiger partial charge in [0.25, 0.3) is 0 Å². The number of aliphatic hydroxyl groups is 1. The number of hydrogen-bond acceptors (Lipinski definition) is 7. The van der Waals surface area contributed by atoms with E-state index < -0.39 is 24.1 Å². The Morgan fingerprint density at radius 2 is 1.64 bits per heavy atom. The minimum atomic E-state index is -1.04. The molecule has 4 rings (SSSR count). The summed E-state index contributed by atoms with van der Waals surface area (Å²) in [5, 5.41) is 30.1. The second-order valence-electron chi connectivity index (χ2n) is 9.06. The van der Waals surface area contributed by atoms with Gasteiger partial charge in [0, 0.05) is 34.7 Å². The molecule has 0 spiro atoms. The number of carboxylic acid groups (broad SMARTS) is 2. The number of anilines is 1. The fraction of sp³-hybridized carbons (Fsp3) is 0.276. The number of rotatable bonds is 11. The van der Waals surface area contributed by atoms with Crippen molar-refractivity contribution < 1.29 is 39.2 Å². The van der Waals surface area contributed by atoms with Gasteiger partial charge in [0.15, 0.2) is 6.29 Å². The van der Waals surface area contributed by atoms with Crippen molar-refractivity contribution in [2.45, 2.75) is 49.3 Å². The van der Waals surface area contributed by atoms with Gasteiger partial charge in [-0.3, -0.25) is 9.59 Å². The summed E-state index contributed by atoms with van der Waals surface area (Å²) < 4.78 is 12.7. The Bertz CT molecular complexity index is 1300. The third kappa shape index (κ3) is 8.14. The number of nitrogens with one attached hydrogen (secondary N) is 1. The zero-order chi connectivity index (χ0) is 27.8. The van der Waals surface area contributed by atoms with Crippen LogP contribution in [0, 0.1) is 0 Å². The number of hydrogen-bond donors (Lipinski definition) is 4. The second kappa shape index (κ2) is 13.4. The first kappa shape index (κ1) is 28.3. The van der Waals surface area contributed by atoms with Gasteiger partial charge in [0.05, 0.1) is 30.8 Å². The molecule has 0 unspecified atom stereocenters. The summed E-state index contributed by atoms with van der Waals surface area (Å²) in [4.78, 5) is 35.0. The van der Waals surface area contributed by atoms with Gasteiger partial charge in [-0.05, 0) is 47.5 Å². The first-order valence-corrected chi connectivity index (χ1v) is 13.4. The highest BCUT2D eigenvalue weighted by molar-refractivity contribution is 7.99. The largest absolute Gasteiger partial charge is 0.481 e. The predicted molar refractivity (Wildman–Crippen MR) is 144 cm³/mol. The number of benzene rings is 3. The van der Waals surface area contributed by atoms with Crippen molar-refractivity contribution in [2.75, 3.05) is 11.1 Å². The zero-order valence-electron chi connectivity index (χ0n) is 21.0. The van der Waals surface area contributed by atoms with Crippen LogP contribution in [0.25, 0.3) is 0 Å². The molecule has 3 aromatic rings. The van der Waals surface area contributed by atoms with Crippen LogP contribution in [0.3, 0.4) is 0 Å². The molecule has 204 valence electrons. The van der Waals surface area contributed by atoms with Crippen molar-refractivity contribution in [3.8, 4) is 0 Å². The molecule has 1 aliphatic heterocycles. The molecule has 1 fully saturated rings. The lowest BCUT2D eigenvalue weighted by Crippen LogP contribution is -2.31. The molecular formula is C29H29NO8S. The smallest absolute Gasteiger partial charge is 0.335 e. The third-order valence-corrected chi connectivity index (χ3v) is 7.30. The van der Waals surface area contributed by atoms with Gasteiger partial charge < -0.3 is 30.1 Å². The van der Waals surface area contributed by atoms with Crippen LogP contribution in [0.4, 0.5) is 5.69 Å². The number of carbonyl (C=O) groups is 3. The first-order chi connectivity index (χ1) is 18.8. The number of ether oxygens (including phenoxy) is 2. The monoisotopic (exact) mass is 551 g/mol. The van der Waals surface area contributed by atoms with Crippen molar-refractivity contribution in [3.63, 3.8) is 0 Å². The Balaban J connectivity index is 1.50. The van der Waals surface area contributed by atoms with Crippen LogP contribution < -0.4 is 5.32 Å². The molecule has 0 aromatic heterocycles. The zero-order valence-corrected chi connectivity index (χ0v) is 21.8. The molecule has 1 saturated heterocycles. The highest BCUT2D eigenvalue weighted by atomic mass is 32.2. The van der Waals surface area contributed by atoms with Crippen LogP contribution >= 0.6 is 11.8 Å². The number of thioether (sulfide) groups is 1. The molecule has 9 nitrogen and oxygen atoms in total. The molecule has 3 aromatic carbocycles. The summed E-state index contributed by atoms with van der Waals surface area (Å²) in [6, 6.07) is 21.3. The van der Waals surface area contributed by atoms with Crippen LogP contribution in [0.5, 0.6) is 0 Å². The van der Waals surface area contributed by atoms with Crippen molar-refractivity contribution in [2.24, 2.45) is 0 Å². The third-order valence-electron chi connectivity index (χ3n) is 6.16. The SMILES string of the molecule is O=C(O)CCC(=O)Nc1cccc([C@H]2O[C@@H](CSc3ccc(C(=O)O)cc3)C[C@@H](c3ccc(CO)cc3)O2)c1. The molecule has 1 heterocycles. The number of aliphatic carboxylic acids is 1. The molecule has 3 atom stereocenters. The first-order valence-electron chi connectivity index (χ1n) is 12.4. The van der Waals surface area contributed by atoms with Gasteiger partial charge in [0.2, 0.25) is 5.91 Å². The van der Waals surface area contributed by atoms with E-state index in [2.05, 4.69) is 5.32 Å². The standard InChI is InChI=1S/C29H29NO8S/c31-16-18-4-6-19(7-5-18)25-15-23(17-39-24-10-8-20(9-11-24)28(35)36)37-29(38-25)21-2-1-3-22(14-21)30-26(32)12-13-27(33)34/h1-11,14,23,25,29,31H,12-13,15-17H2,(H,30,32)(H,33,34)(H,35,36)/t23-,25+,29+/m1/s1. The lowest BCUT2D eigenvalue weighted by molar-refractivity contribution is -0.245. The lowest BCUT2D eigenvalue weighted by atomic mass is 10.0. The van der Waals surface area contributed by atoms with Crippen LogP contribution in [-0.2, 0) is 25.7 Å². The summed E-state index contributed by atoms with van der Waals surface area (Å²) in [6.07, 6.45) is -1.02. The maximum Gasteiger partial charge on any atom is 0.335 e. The molecule has 0 saturated carbocycles. The number of carboxylic acids is 2. The Hall–Kier alpha value is -3.70. The summed E-state index contributed by atoms with van der Waals surface area (Å²) in [6.45, 7) is -0.0531. The molecule has 0 radical (unpaired) electrons. The molecule has 1 amide bonds. The highest BCUT2D eigenvalue weighted by Gasteiger charge is 2.32. The van der Waals surface area contributed by atoms with E-state index in [9.17, 15) is 19.5 Å². The number of carbonyl (C=O) groups excluding carboxylic acids is 1. The summed E-state index contributed by atoms with van der Waals surface area (Å²) in [5.41, 5.74) is 3.17. The Morgan fingerprint density at radius 3 is 2.31 bits per heavy atom. The maximum atomic E-state index is 12.1. The molecule has 4 N–H and O–H groups in total. The maximum absolute atomic E-state index is 12.1. The molecule has 0 bridgehead atoms. The number of amides is 1. The molecular weight excluding hydrogens is 522 g/mol. The van der Waals surface area contributed by atoms with Gasteiger partial charge in [-0.25, -0.2) is 4.79 Å². The van der Waals surface area contributed by atoms with Gasteiger partial charge >= 0.3 is 11.9 Å². The van der Waals surface area contributed by atoms with Gasteiger partial charge in [-0.2, -0.15) is 0 Å².